The molecule has 90 valence electrons. The van der Waals surface area contributed by atoms with Gasteiger partial charge in [-0.2, -0.15) is 0 Å². The van der Waals surface area contributed by atoms with E-state index in [1.54, 1.807) is 0 Å². The van der Waals surface area contributed by atoms with Crippen molar-refractivity contribution in [3.05, 3.63) is 48.0 Å². The van der Waals surface area contributed by atoms with Gasteiger partial charge in [0.15, 0.2) is 0 Å². The molecule has 1 unspecified atom stereocenters. The van der Waals surface area contributed by atoms with E-state index in [0.29, 0.717) is 12.1 Å². The Bertz CT molecular complexity index is 482. The highest BCUT2D eigenvalue weighted by Gasteiger charge is 2.07. The van der Waals surface area contributed by atoms with Crippen LogP contribution in [-0.2, 0) is 6.42 Å². The minimum atomic E-state index is 0.515. The molecule has 0 spiro atoms. The van der Waals surface area contributed by atoms with E-state index in [9.17, 15) is 0 Å². The SMILES string of the molecule is CC(C)NC(C)Cc1cccc2ccccc12. The Labute approximate surface area is 104 Å². The summed E-state index contributed by atoms with van der Waals surface area (Å²) in [5, 5.41) is 6.27. The van der Waals surface area contributed by atoms with Gasteiger partial charge in [-0.05, 0) is 29.7 Å². The molecular weight excluding hydrogens is 206 g/mol. The molecule has 0 saturated carbocycles. The molecule has 0 heterocycles. The van der Waals surface area contributed by atoms with Crippen LogP contribution in [0.15, 0.2) is 42.5 Å². The molecule has 1 heteroatoms. The molecule has 2 aromatic carbocycles. The average Bonchev–Trinajstić information content (AvgIpc) is 2.28. The van der Waals surface area contributed by atoms with Crippen LogP contribution in [0, 0.1) is 0 Å². The summed E-state index contributed by atoms with van der Waals surface area (Å²) in [6, 6.07) is 16.2. The third-order valence-corrected chi connectivity index (χ3v) is 3.02. The number of rotatable bonds is 4. The molecule has 0 radical (unpaired) electrons. The Balaban J connectivity index is 2.24. The molecule has 0 amide bonds. The largest absolute Gasteiger partial charge is 0.312 e. The second kappa shape index (κ2) is 5.33. The first kappa shape index (κ1) is 12.1. The minimum absolute atomic E-state index is 0.515. The van der Waals surface area contributed by atoms with E-state index in [-0.39, 0.29) is 0 Å². The van der Waals surface area contributed by atoms with E-state index in [1.807, 2.05) is 0 Å². The number of benzene rings is 2. The van der Waals surface area contributed by atoms with E-state index >= 15 is 0 Å². The summed E-state index contributed by atoms with van der Waals surface area (Å²) < 4.78 is 0. The predicted octanol–water partition coefficient (Wildman–Crippen LogP) is 3.77. The fraction of sp³-hybridized carbons (Fsp3) is 0.375. The van der Waals surface area contributed by atoms with Gasteiger partial charge in [-0.25, -0.2) is 0 Å². The molecule has 0 aliphatic rings. The van der Waals surface area contributed by atoms with Crippen LogP contribution in [0.25, 0.3) is 10.8 Å². The van der Waals surface area contributed by atoms with E-state index in [0.717, 1.165) is 6.42 Å². The molecule has 0 bridgehead atoms. The first-order chi connectivity index (χ1) is 8.16. The maximum Gasteiger partial charge on any atom is 0.00817 e. The third kappa shape index (κ3) is 3.07. The number of hydrogen-bond donors (Lipinski definition) is 1. The van der Waals surface area contributed by atoms with Crippen LogP contribution < -0.4 is 5.32 Å². The lowest BCUT2D eigenvalue weighted by atomic mass is 9.99. The highest BCUT2D eigenvalue weighted by atomic mass is 14.9. The van der Waals surface area contributed by atoms with E-state index in [2.05, 4.69) is 68.6 Å². The van der Waals surface area contributed by atoms with Crippen molar-refractivity contribution < 1.29 is 0 Å². The molecule has 17 heavy (non-hydrogen) atoms. The number of fused-ring (bicyclic) bond motifs is 1. The van der Waals surface area contributed by atoms with Crippen molar-refractivity contribution in [3.63, 3.8) is 0 Å². The smallest absolute Gasteiger partial charge is 0.00817 e. The Morgan fingerprint density at radius 1 is 0.941 bits per heavy atom. The molecule has 1 N–H and O–H groups in total. The van der Waals surface area contributed by atoms with Crippen molar-refractivity contribution in [2.75, 3.05) is 0 Å². The predicted molar refractivity (Wildman–Crippen MR) is 75.4 cm³/mol. The van der Waals surface area contributed by atoms with Crippen LogP contribution in [0.2, 0.25) is 0 Å². The summed E-state index contributed by atoms with van der Waals surface area (Å²) in [5.41, 5.74) is 1.43. The zero-order chi connectivity index (χ0) is 12.3. The zero-order valence-corrected chi connectivity index (χ0v) is 10.9. The monoisotopic (exact) mass is 227 g/mol. The summed E-state index contributed by atoms with van der Waals surface area (Å²) in [7, 11) is 0. The van der Waals surface area contributed by atoms with Crippen molar-refractivity contribution in [1.29, 1.82) is 0 Å². The molecule has 2 aromatic rings. The Morgan fingerprint density at radius 3 is 2.41 bits per heavy atom. The maximum atomic E-state index is 3.56. The lowest BCUT2D eigenvalue weighted by molar-refractivity contribution is 0.488. The van der Waals surface area contributed by atoms with Gasteiger partial charge >= 0.3 is 0 Å². The quantitative estimate of drug-likeness (QED) is 0.838. The normalized spacial score (nSPS) is 13.2. The zero-order valence-electron chi connectivity index (χ0n) is 10.9. The van der Waals surface area contributed by atoms with Gasteiger partial charge in [-0.3, -0.25) is 0 Å². The lowest BCUT2D eigenvalue weighted by Gasteiger charge is -2.17. The van der Waals surface area contributed by atoms with Crippen LogP contribution >= 0.6 is 0 Å². The van der Waals surface area contributed by atoms with Crippen LogP contribution in [0.5, 0.6) is 0 Å². The molecule has 0 saturated heterocycles. The van der Waals surface area contributed by atoms with Crippen molar-refractivity contribution in [3.8, 4) is 0 Å². The molecule has 0 aromatic heterocycles. The van der Waals surface area contributed by atoms with Gasteiger partial charge in [-0.15, -0.1) is 0 Å². The molecule has 1 atom stereocenters. The van der Waals surface area contributed by atoms with Crippen molar-refractivity contribution in [1.82, 2.24) is 5.32 Å². The highest BCUT2D eigenvalue weighted by molar-refractivity contribution is 5.85. The first-order valence-electron chi connectivity index (χ1n) is 6.39. The second-order valence-corrected chi connectivity index (χ2v) is 5.06. The fourth-order valence-electron chi connectivity index (χ4n) is 2.43. The van der Waals surface area contributed by atoms with Crippen molar-refractivity contribution in [2.45, 2.75) is 39.3 Å². The number of nitrogens with one attached hydrogen (secondary N) is 1. The summed E-state index contributed by atoms with van der Waals surface area (Å²) in [5.74, 6) is 0. The Morgan fingerprint density at radius 2 is 1.65 bits per heavy atom. The van der Waals surface area contributed by atoms with Crippen molar-refractivity contribution in [2.24, 2.45) is 0 Å². The second-order valence-electron chi connectivity index (χ2n) is 5.06. The van der Waals surface area contributed by atoms with Crippen molar-refractivity contribution >= 4 is 10.8 Å². The van der Waals surface area contributed by atoms with E-state index < -0.39 is 0 Å². The van der Waals surface area contributed by atoms with Gasteiger partial charge in [0.05, 0.1) is 0 Å². The van der Waals surface area contributed by atoms with Crippen LogP contribution in [0.3, 0.4) is 0 Å². The Hall–Kier alpha value is -1.34. The molecular formula is C16H21N. The van der Waals surface area contributed by atoms with Gasteiger partial charge in [0.25, 0.3) is 0 Å². The summed E-state index contributed by atoms with van der Waals surface area (Å²) in [6.07, 6.45) is 1.08. The third-order valence-electron chi connectivity index (χ3n) is 3.02. The molecule has 2 rings (SSSR count). The molecule has 0 aliphatic heterocycles. The topological polar surface area (TPSA) is 12.0 Å². The molecule has 0 fully saturated rings. The van der Waals surface area contributed by atoms with Crippen LogP contribution in [0.4, 0.5) is 0 Å². The van der Waals surface area contributed by atoms with Gasteiger partial charge in [0.1, 0.15) is 0 Å². The van der Waals surface area contributed by atoms with Crippen LogP contribution in [-0.4, -0.2) is 12.1 Å². The minimum Gasteiger partial charge on any atom is -0.312 e. The fourth-order valence-corrected chi connectivity index (χ4v) is 2.43. The maximum absolute atomic E-state index is 3.56. The lowest BCUT2D eigenvalue weighted by Crippen LogP contribution is -2.33. The summed E-state index contributed by atoms with van der Waals surface area (Å²) in [6.45, 7) is 6.64. The first-order valence-corrected chi connectivity index (χ1v) is 6.39. The van der Waals surface area contributed by atoms with E-state index in [4.69, 9.17) is 0 Å². The highest BCUT2D eigenvalue weighted by Crippen LogP contribution is 2.19. The molecule has 1 nitrogen and oxygen atoms in total. The average molecular weight is 227 g/mol. The van der Waals surface area contributed by atoms with Gasteiger partial charge in [0.2, 0.25) is 0 Å². The number of hydrogen-bond acceptors (Lipinski definition) is 1. The molecule has 0 aliphatic carbocycles. The van der Waals surface area contributed by atoms with Gasteiger partial charge in [-0.1, -0.05) is 56.3 Å². The summed E-state index contributed by atoms with van der Waals surface area (Å²) >= 11 is 0. The van der Waals surface area contributed by atoms with E-state index in [1.165, 1.54) is 16.3 Å². The summed E-state index contributed by atoms with van der Waals surface area (Å²) in [4.78, 5) is 0. The standard InChI is InChI=1S/C16H21N/c1-12(2)17-13(3)11-15-9-6-8-14-7-4-5-10-16(14)15/h4-10,12-13,17H,11H2,1-3H3. The Kier molecular flexibility index (Phi) is 3.80. The van der Waals surface area contributed by atoms with Crippen LogP contribution in [0.1, 0.15) is 26.3 Å². The van der Waals surface area contributed by atoms with Gasteiger partial charge < -0.3 is 5.32 Å². The van der Waals surface area contributed by atoms with Gasteiger partial charge in [0, 0.05) is 12.1 Å².